The van der Waals surface area contributed by atoms with Crippen LogP contribution in [0.2, 0.25) is 0 Å². The Morgan fingerprint density at radius 3 is 2.82 bits per heavy atom. The summed E-state index contributed by atoms with van der Waals surface area (Å²) in [6.07, 6.45) is 0.651. The first-order valence-electron chi connectivity index (χ1n) is 5.04. The quantitative estimate of drug-likeness (QED) is 0.920. The van der Waals surface area contributed by atoms with Gasteiger partial charge < -0.3 is 4.74 Å². The summed E-state index contributed by atoms with van der Waals surface area (Å²) >= 11 is 3.04. The lowest BCUT2D eigenvalue weighted by atomic mass is 10.3. The SMILES string of the molecule is O=S(=O)(NC1CCOC1)c1ccc(F)cc1Br. The van der Waals surface area contributed by atoms with Gasteiger partial charge in [-0.2, -0.15) is 0 Å². The minimum absolute atomic E-state index is 0.0331. The molecule has 0 radical (unpaired) electrons. The fourth-order valence-corrected chi connectivity index (χ4v) is 3.91. The summed E-state index contributed by atoms with van der Waals surface area (Å²) in [6, 6.07) is 3.26. The van der Waals surface area contributed by atoms with Gasteiger partial charge in [-0.3, -0.25) is 0 Å². The number of hydrogen-bond acceptors (Lipinski definition) is 3. The molecule has 1 aliphatic heterocycles. The predicted octanol–water partition coefficient (Wildman–Crippen LogP) is 1.66. The average Bonchev–Trinajstić information content (AvgIpc) is 2.68. The van der Waals surface area contributed by atoms with Crippen LogP contribution in [0.15, 0.2) is 27.6 Å². The molecule has 1 aromatic rings. The van der Waals surface area contributed by atoms with Crippen LogP contribution in [0.25, 0.3) is 0 Å². The maximum Gasteiger partial charge on any atom is 0.242 e. The number of halogens is 2. The van der Waals surface area contributed by atoms with Crippen LogP contribution in [-0.4, -0.2) is 27.7 Å². The first kappa shape index (κ1) is 12.9. The lowest BCUT2D eigenvalue weighted by molar-refractivity contribution is 0.192. The molecule has 1 aliphatic rings. The molecule has 4 nitrogen and oxygen atoms in total. The minimum Gasteiger partial charge on any atom is -0.380 e. The van der Waals surface area contributed by atoms with E-state index in [-0.39, 0.29) is 15.4 Å². The van der Waals surface area contributed by atoms with Gasteiger partial charge >= 0.3 is 0 Å². The van der Waals surface area contributed by atoms with E-state index in [0.29, 0.717) is 19.6 Å². The zero-order valence-corrected chi connectivity index (χ0v) is 11.2. The summed E-state index contributed by atoms with van der Waals surface area (Å²) in [6.45, 7) is 0.926. The molecule has 94 valence electrons. The first-order chi connectivity index (χ1) is 7.99. The molecule has 1 atom stereocenters. The fraction of sp³-hybridized carbons (Fsp3) is 0.400. The largest absolute Gasteiger partial charge is 0.380 e. The minimum atomic E-state index is -3.63. The normalized spacial score (nSPS) is 20.7. The Morgan fingerprint density at radius 1 is 1.47 bits per heavy atom. The van der Waals surface area contributed by atoms with Crippen molar-refractivity contribution >= 4 is 26.0 Å². The van der Waals surface area contributed by atoms with Crippen LogP contribution >= 0.6 is 15.9 Å². The number of ether oxygens (including phenoxy) is 1. The summed E-state index contributed by atoms with van der Waals surface area (Å²) in [5, 5.41) is 0. The molecule has 1 N–H and O–H groups in total. The average molecular weight is 324 g/mol. The van der Waals surface area contributed by atoms with Crippen molar-refractivity contribution in [1.82, 2.24) is 4.72 Å². The van der Waals surface area contributed by atoms with E-state index in [9.17, 15) is 12.8 Å². The summed E-state index contributed by atoms with van der Waals surface area (Å²) in [4.78, 5) is 0.0331. The Bertz CT molecular complexity index is 514. The monoisotopic (exact) mass is 323 g/mol. The molecule has 2 rings (SSSR count). The van der Waals surface area contributed by atoms with Crippen molar-refractivity contribution in [3.63, 3.8) is 0 Å². The van der Waals surface area contributed by atoms with Crippen LogP contribution in [-0.2, 0) is 14.8 Å². The first-order valence-corrected chi connectivity index (χ1v) is 7.32. The smallest absolute Gasteiger partial charge is 0.242 e. The number of nitrogens with one attached hydrogen (secondary N) is 1. The highest BCUT2D eigenvalue weighted by Crippen LogP contribution is 2.23. The van der Waals surface area contributed by atoms with Gasteiger partial charge in [0.1, 0.15) is 5.82 Å². The summed E-state index contributed by atoms with van der Waals surface area (Å²) in [5.41, 5.74) is 0. The Kier molecular flexibility index (Phi) is 3.82. The van der Waals surface area contributed by atoms with E-state index < -0.39 is 15.8 Å². The molecule has 0 aromatic heterocycles. The molecular formula is C10H11BrFNO3S. The van der Waals surface area contributed by atoms with Gasteiger partial charge in [0, 0.05) is 17.1 Å². The molecular weight excluding hydrogens is 313 g/mol. The Labute approximate surface area is 107 Å². The van der Waals surface area contributed by atoms with E-state index in [1.54, 1.807) is 0 Å². The Hall–Kier alpha value is -0.500. The van der Waals surface area contributed by atoms with Gasteiger partial charge in [0.2, 0.25) is 10.0 Å². The van der Waals surface area contributed by atoms with Gasteiger partial charge in [0.05, 0.1) is 11.5 Å². The third-order valence-corrected chi connectivity index (χ3v) is 4.93. The molecule has 0 aliphatic carbocycles. The van der Waals surface area contributed by atoms with Gasteiger partial charge in [0.25, 0.3) is 0 Å². The molecule has 1 unspecified atom stereocenters. The van der Waals surface area contributed by atoms with Gasteiger partial charge in [-0.1, -0.05) is 0 Å². The van der Waals surface area contributed by atoms with Gasteiger partial charge in [0.15, 0.2) is 0 Å². The van der Waals surface area contributed by atoms with E-state index in [1.165, 1.54) is 6.07 Å². The van der Waals surface area contributed by atoms with Crippen LogP contribution in [0.4, 0.5) is 4.39 Å². The number of hydrogen-bond donors (Lipinski definition) is 1. The van der Waals surface area contributed by atoms with Crippen molar-refractivity contribution < 1.29 is 17.5 Å². The maximum absolute atomic E-state index is 12.9. The number of benzene rings is 1. The molecule has 1 saturated heterocycles. The van der Waals surface area contributed by atoms with E-state index in [2.05, 4.69) is 20.7 Å². The molecule has 17 heavy (non-hydrogen) atoms. The van der Waals surface area contributed by atoms with E-state index >= 15 is 0 Å². The maximum atomic E-state index is 12.9. The van der Waals surface area contributed by atoms with Crippen molar-refractivity contribution in [2.75, 3.05) is 13.2 Å². The zero-order valence-electron chi connectivity index (χ0n) is 8.82. The molecule has 0 saturated carbocycles. The number of rotatable bonds is 3. The van der Waals surface area contributed by atoms with Gasteiger partial charge in [-0.25, -0.2) is 17.5 Å². The fourth-order valence-electron chi connectivity index (χ4n) is 1.60. The van der Waals surface area contributed by atoms with Crippen molar-refractivity contribution in [1.29, 1.82) is 0 Å². The van der Waals surface area contributed by atoms with Crippen LogP contribution in [0.5, 0.6) is 0 Å². The standard InChI is InChI=1S/C10H11BrFNO3S/c11-9-5-7(12)1-2-10(9)17(14,15)13-8-3-4-16-6-8/h1-2,5,8,13H,3-4,6H2. The molecule has 0 spiro atoms. The van der Waals surface area contributed by atoms with Crippen LogP contribution in [0, 0.1) is 5.82 Å². The molecule has 1 fully saturated rings. The third-order valence-electron chi connectivity index (χ3n) is 2.43. The molecule has 1 heterocycles. The van der Waals surface area contributed by atoms with Crippen LogP contribution in [0.1, 0.15) is 6.42 Å². The second-order valence-electron chi connectivity index (χ2n) is 3.76. The van der Waals surface area contributed by atoms with Gasteiger partial charge in [-0.15, -0.1) is 0 Å². The van der Waals surface area contributed by atoms with Crippen molar-refractivity contribution in [2.24, 2.45) is 0 Å². The molecule has 0 bridgehead atoms. The van der Waals surface area contributed by atoms with Crippen LogP contribution in [0.3, 0.4) is 0 Å². The molecule has 7 heteroatoms. The highest BCUT2D eigenvalue weighted by molar-refractivity contribution is 9.10. The van der Waals surface area contributed by atoms with Gasteiger partial charge in [-0.05, 0) is 40.5 Å². The summed E-state index contributed by atoms with van der Waals surface area (Å²) in [7, 11) is -3.63. The van der Waals surface area contributed by atoms with Crippen molar-refractivity contribution in [3.05, 3.63) is 28.5 Å². The van der Waals surface area contributed by atoms with Crippen molar-refractivity contribution in [3.8, 4) is 0 Å². The highest BCUT2D eigenvalue weighted by atomic mass is 79.9. The van der Waals surface area contributed by atoms with E-state index in [1.807, 2.05) is 0 Å². The van der Waals surface area contributed by atoms with E-state index in [0.717, 1.165) is 12.1 Å². The second-order valence-corrected chi connectivity index (χ2v) is 6.29. The summed E-state index contributed by atoms with van der Waals surface area (Å²) < 4.78 is 44.7. The predicted molar refractivity (Wildman–Crippen MR) is 63.6 cm³/mol. The third kappa shape index (κ3) is 3.04. The molecule has 1 aromatic carbocycles. The lowest BCUT2D eigenvalue weighted by Gasteiger charge is -2.12. The van der Waals surface area contributed by atoms with Crippen molar-refractivity contribution in [2.45, 2.75) is 17.4 Å². The van der Waals surface area contributed by atoms with E-state index in [4.69, 9.17) is 4.74 Å². The molecule has 0 amide bonds. The lowest BCUT2D eigenvalue weighted by Crippen LogP contribution is -2.35. The summed E-state index contributed by atoms with van der Waals surface area (Å²) in [5.74, 6) is -0.486. The number of sulfonamides is 1. The highest BCUT2D eigenvalue weighted by Gasteiger charge is 2.25. The Morgan fingerprint density at radius 2 is 2.24 bits per heavy atom. The second kappa shape index (κ2) is 5.01. The topological polar surface area (TPSA) is 55.4 Å². The Balaban J connectivity index is 2.24. The van der Waals surface area contributed by atoms with Crippen LogP contribution < -0.4 is 4.72 Å². The zero-order chi connectivity index (χ0) is 12.5.